The molecule has 8 nitrogen and oxygen atoms in total. The Balaban J connectivity index is 1.49. The minimum Gasteiger partial charge on any atom is -0.390 e. The predicted octanol–water partition coefficient (Wildman–Crippen LogP) is 3.61. The van der Waals surface area contributed by atoms with Gasteiger partial charge in [-0.1, -0.05) is 42.5 Å². The van der Waals surface area contributed by atoms with Crippen molar-refractivity contribution < 1.29 is 14.7 Å². The third kappa shape index (κ3) is 7.66. The molecular weight excluding hydrogens is 490 g/mol. The molecule has 1 aliphatic heterocycles. The molecule has 0 radical (unpaired) electrons. The van der Waals surface area contributed by atoms with Gasteiger partial charge in [-0.2, -0.15) is 5.26 Å². The van der Waals surface area contributed by atoms with Crippen LogP contribution in [0.25, 0.3) is 0 Å². The Bertz CT molecular complexity index is 1300. The minimum absolute atomic E-state index is 0.0562. The number of amides is 2. The maximum absolute atomic E-state index is 13.5. The first kappa shape index (κ1) is 27.8. The molecule has 2 amide bonds. The van der Waals surface area contributed by atoms with Gasteiger partial charge in [0.2, 0.25) is 5.91 Å². The summed E-state index contributed by atoms with van der Waals surface area (Å²) in [5, 5.41) is 29.7. The Morgan fingerprint density at radius 2 is 1.85 bits per heavy atom. The summed E-state index contributed by atoms with van der Waals surface area (Å²) in [7, 11) is 0. The fourth-order valence-electron chi connectivity index (χ4n) is 4.73. The molecule has 0 unspecified atom stereocenters. The molecular formula is C31H35N5O3. The van der Waals surface area contributed by atoms with Gasteiger partial charge in [-0.15, -0.1) is 0 Å². The van der Waals surface area contributed by atoms with E-state index in [9.17, 15) is 14.7 Å². The van der Waals surface area contributed by atoms with Gasteiger partial charge in [0.1, 0.15) is 0 Å². The topological polar surface area (TPSA) is 117 Å². The number of carbonyl (C=O) groups excluding carboxylic acids is 2. The van der Waals surface area contributed by atoms with Crippen LogP contribution < -0.4 is 20.9 Å². The van der Waals surface area contributed by atoms with Crippen LogP contribution in [0.5, 0.6) is 0 Å². The Labute approximate surface area is 229 Å². The maximum atomic E-state index is 13.5. The number of benzene rings is 3. The lowest BCUT2D eigenvalue weighted by molar-refractivity contribution is -0.117. The van der Waals surface area contributed by atoms with Crippen molar-refractivity contribution in [3.63, 3.8) is 0 Å². The molecule has 1 saturated heterocycles. The summed E-state index contributed by atoms with van der Waals surface area (Å²) in [6.07, 6.45) is 0.904. The lowest BCUT2D eigenvalue weighted by atomic mass is 10.00. The van der Waals surface area contributed by atoms with Crippen molar-refractivity contribution in [3.8, 4) is 6.07 Å². The van der Waals surface area contributed by atoms with Gasteiger partial charge < -0.3 is 26.0 Å². The van der Waals surface area contributed by atoms with Gasteiger partial charge in [-0.25, -0.2) is 0 Å². The van der Waals surface area contributed by atoms with Crippen molar-refractivity contribution in [1.82, 2.24) is 10.6 Å². The highest BCUT2D eigenvalue weighted by molar-refractivity contribution is 6.00. The van der Waals surface area contributed by atoms with Crippen LogP contribution in [0.1, 0.15) is 46.8 Å². The van der Waals surface area contributed by atoms with E-state index in [0.29, 0.717) is 49.3 Å². The summed E-state index contributed by atoms with van der Waals surface area (Å²) in [4.78, 5) is 27.6. The highest BCUT2D eigenvalue weighted by atomic mass is 16.3. The maximum Gasteiger partial charge on any atom is 0.251 e. The summed E-state index contributed by atoms with van der Waals surface area (Å²) in [5.41, 5.74) is 4.49. The number of aliphatic hydroxyl groups is 1. The lowest BCUT2D eigenvalue weighted by Gasteiger charge is -2.25. The molecule has 0 bridgehead atoms. The average Bonchev–Trinajstić information content (AvgIpc) is 3.39. The molecule has 4 N–H and O–H groups in total. The highest BCUT2D eigenvalue weighted by Crippen LogP contribution is 2.27. The average molecular weight is 526 g/mol. The number of rotatable bonds is 12. The molecule has 1 aliphatic rings. The lowest BCUT2D eigenvalue weighted by Crippen LogP contribution is -2.48. The first-order valence-corrected chi connectivity index (χ1v) is 13.4. The fraction of sp³-hybridized carbons (Fsp3) is 0.323. The normalized spacial score (nSPS) is 14.5. The smallest absolute Gasteiger partial charge is 0.251 e. The fourth-order valence-corrected chi connectivity index (χ4v) is 4.73. The van der Waals surface area contributed by atoms with Crippen molar-refractivity contribution >= 4 is 23.2 Å². The molecule has 3 aromatic rings. The number of aliphatic hydroxyl groups excluding tert-OH is 1. The molecule has 0 saturated carbocycles. The van der Waals surface area contributed by atoms with E-state index in [1.165, 1.54) is 0 Å². The molecule has 2 atom stereocenters. The van der Waals surface area contributed by atoms with E-state index >= 15 is 0 Å². The van der Waals surface area contributed by atoms with Crippen LogP contribution in [0.2, 0.25) is 0 Å². The number of nitrogens with one attached hydrogen (secondary N) is 3. The molecule has 0 aromatic heterocycles. The molecule has 39 heavy (non-hydrogen) atoms. The Kier molecular flexibility index (Phi) is 9.68. The largest absolute Gasteiger partial charge is 0.390 e. The van der Waals surface area contributed by atoms with Crippen LogP contribution in [0.4, 0.5) is 11.4 Å². The molecule has 8 heteroatoms. The van der Waals surface area contributed by atoms with Crippen LogP contribution in [0.3, 0.4) is 0 Å². The first-order chi connectivity index (χ1) is 19.0. The molecule has 3 aromatic carbocycles. The summed E-state index contributed by atoms with van der Waals surface area (Å²) in [5.74, 6) is -0.254. The number of carbonyl (C=O) groups is 2. The number of anilines is 2. The van der Waals surface area contributed by atoms with Crippen molar-refractivity contribution in [2.75, 3.05) is 29.9 Å². The van der Waals surface area contributed by atoms with E-state index in [-0.39, 0.29) is 18.4 Å². The number of nitrogens with zero attached hydrogens (tertiary/aromatic N) is 2. The summed E-state index contributed by atoms with van der Waals surface area (Å²) >= 11 is 0. The van der Waals surface area contributed by atoms with E-state index in [1.54, 1.807) is 29.2 Å². The molecule has 1 fully saturated rings. The zero-order valence-corrected chi connectivity index (χ0v) is 22.2. The van der Waals surface area contributed by atoms with Crippen LogP contribution >= 0.6 is 0 Å². The Morgan fingerprint density at radius 3 is 2.51 bits per heavy atom. The van der Waals surface area contributed by atoms with Gasteiger partial charge >= 0.3 is 0 Å². The van der Waals surface area contributed by atoms with Crippen molar-refractivity contribution in [2.24, 2.45) is 0 Å². The van der Waals surface area contributed by atoms with Crippen molar-refractivity contribution in [1.29, 1.82) is 5.26 Å². The van der Waals surface area contributed by atoms with E-state index in [4.69, 9.17) is 5.26 Å². The molecule has 0 aliphatic carbocycles. The standard InChI is InChI=1S/C31H35N5O3/c1-2-34-26-16-25(17-27(18-26)36-14-6-9-30(36)38)31(39)35-28(15-22-7-4-3-5-8-22)29(37)21-33-20-24-12-10-23(19-32)11-13-24/h3-5,7-8,10-13,16-18,28-29,33-34,37H,2,6,9,14-15,20-21H2,1H3,(H,35,39)/t28-,29-/m0/s1. The van der Waals surface area contributed by atoms with Crippen LogP contribution in [0, 0.1) is 11.3 Å². The minimum atomic E-state index is -0.857. The SMILES string of the molecule is CCNc1cc(C(=O)N[C@@H](Cc2ccccc2)[C@@H](O)CNCc2ccc(C#N)cc2)cc(N2CCCC2=O)c1. The molecule has 1 heterocycles. The first-order valence-electron chi connectivity index (χ1n) is 13.4. The second kappa shape index (κ2) is 13.6. The summed E-state index contributed by atoms with van der Waals surface area (Å²) < 4.78 is 0. The van der Waals surface area contributed by atoms with Gasteiger partial charge in [0, 0.05) is 49.5 Å². The molecule has 202 valence electrons. The van der Waals surface area contributed by atoms with Crippen molar-refractivity contribution in [2.45, 2.75) is 44.9 Å². The van der Waals surface area contributed by atoms with E-state index in [0.717, 1.165) is 23.2 Å². The summed E-state index contributed by atoms with van der Waals surface area (Å²) in [6, 6.07) is 24.0. The quantitative estimate of drug-likeness (QED) is 0.287. The highest BCUT2D eigenvalue weighted by Gasteiger charge is 2.25. The Morgan fingerprint density at radius 1 is 1.08 bits per heavy atom. The van der Waals surface area contributed by atoms with E-state index in [1.807, 2.05) is 55.5 Å². The van der Waals surface area contributed by atoms with Crippen LogP contribution in [0.15, 0.2) is 72.8 Å². The van der Waals surface area contributed by atoms with Gasteiger partial charge in [0.25, 0.3) is 5.91 Å². The van der Waals surface area contributed by atoms with Gasteiger partial charge in [-0.3, -0.25) is 9.59 Å². The third-order valence-electron chi connectivity index (χ3n) is 6.79. The van der Waals surface area contributed by atoms with E-state index < -0.39 is 12.1 Å². The van der Waals surface area contributed by atoms with Crippen LogP contribution in [-0.4, -0.2) is 48.7 Å². The van der Waals surface area contributed by atoms with Gasteiger partial charge in [-0.05, 0) is 61.2 Å². The van der Waals surface area contributed by atoms with Gasteiger partial charge in [0.15, 0.2) is 0 Å². The molecule has 0 spiro atoms. The zero-order chi connectivity index (χ0) is 27.6. The number of hydrogen-bond acceptors (Lipinski definition) is 6. The second-order valence-corrected chi connectivity index (χ2v) is 9.72. The summed E-state index contributed by atoms with van der Waals surface area (Å²) in [6.45, 7) is 4.08. The second-order valence-electron chi connectivity index (χ2n) is 9.72. The third-order valence-corrected chi connectivity index (χ3v) is 6.79. The monoisotopic (exact) mass is 525 g/mol. The van der Waals surface area contributed by atoms with E-state index in [2.05, 4.69) is 22.0 Å². The van der Waals surface area contributed by atoms with Gasteiger partial charge in [0.05, 0.1) is 23.8 Å². The predicted molar refractivity (Wildman–Crippen MR) is 152 cm³/mol. The number of hydrogen-bond donors (Lipinski definition) is 4. The molecule has 4 rings (SSSR count). The Hall–Kier alpha value is -4.19. The number of nitriles is 1. The van der Waals surface area contributed by atoms with Crippen molar-refractivity contribution in [3.05, 3.63) is 95.1 Å². The zero-order valence-electron chi connectivity index (χ0n) is 22.2. The van der Waals surface area contributed by atoms with Crippen LogP contribution in [-0.2, 0) is 17.8 Å².